The molecule has 0 spiro atoms. The van der Waals surface area contributed by atoms with Gasteiger partial charge in [-0.2, -0.15) is 0 Å². The minimum atomic E-state index is -0.233. The van der Waals surface area contributed by atoms with Crippen molar-refractivity contribution in [1.82, 2.24) is 5.32 Å². The Morgan fingerprint density at radius 3 is 1.99 bits per heavy atom. The van der Waals surface area contributed by atoms with Crippen LogP contribution in [0, 0.1) is 56.2 Å². The number of aldehydes is 1. The zero-order valence-corrected chi connectivity index (χ0v) is 57.9. The fourth-order valence-electron chi connectivity index (χ4n) is 10.3. The van der Waals surface area contributed by atoms with E-state index < -0.39 is 0 Å². The first-order valence-corrected chi connectivity index (χ1v) is 33.5. The molecule has 1 amide bonds. The summed E-state index contributed by atoms with van der Waals surface area (Å²) in [4.78, 5) is 35.5. The van der Waals surface area contributed by atoms with Crippen LogP contribution in [0.2, 0.25) is 0 Å². The number of hydrogen-bond acceptors (Lipinski definition) is 7. The standard InChI is InChI=1S/C32H44N3O2.C19H40.C13H18FNO.C5H10.C4H10.C2H5NO/c1-9-23(3)24(4)19-26(20-25(5)27-21-34(6)17-16-31(27)37-8)30(36)12-10-11-13-32-33-28-15-14-22(2)18-29(28)35(32)7;1-7-10-11-13-17(5)18(6)19(12-8-2)15-14-16(4)9-3;1-4-5-11(8-16)15-12-6-9(2)10(3)13(14)7-12;1-2-4-5-3-1;1-3-4-2;1-3-2-4/h13-15,18-21,23,33H,5,9-12,16-17H2,1-4,6-8H3;16-19H,7-15H2,1-6H3;6-8,11,15H,4-5H2,1-3H3;1-5H2;3-4H2,1-2H3;2H,1H3,(H,3,4)/q+1;;;;;/b24-19-,26-20+,32-13-;;;;;. The molecule has 0 bridgehead atoms. The van der Waals surface area contributed by atoms with Crippen molar-refractivity contribution in [3.8, 4) is 0 Å². The number of ketones is 1. The van der Waals surface area contributed by atoms with Crippen molar-refractivity contribution in [2.75, 3.05) is 50.3 Å². The minimum absolute atomic E-state index is 0.151. The van der Waals surface area contributed by atoms with Crippen LogP contribution in [0.4, 0.5) is 21.5 Å². The molecule has 9 nitrogen and oxygen atoms in total. The number of Topliss-reactive ketones (excluding diaryl/α,β-unsaturated/α-hetero) is 1. The number of carbonyl (C=O) groups excluding carboxylic acids is 3. The molecule has 6 atom stereocenters. The summed E-state index contributed by atoms with van der Waals surface area (Å²) in [5, 5.41) is 8.77. The maximum absolute atomic E-state index is 13.5. The number of carbonyl (C=O) groups is 3. The van der Waals surface area contributed by atoms with Gasteiger partial charge in [0.05, 0.1) is 36.5 Å². The van der Waals surface area contributed by atoms with E-state index in [9.17, 15) is 14.0 Å². The third-order valence-corrected chi connectivity index (χ3v) is 17.3. The van der Waals surface area contributed by atoms with Gasteiger partial charge >= 0.3 is 0 Å². The number of nitrogens with one attached hydrogen (secondary N) is 3. The van der Waals surface area contributed by atoms with Crippen LogP contribution in [0.25, 0.3) is 0 Å². The number of methoxy groups -OCH3 is 1. The number of halogens is 1. The Morgan fingerprint density at radius 1 is 0.824 bits per heavy atom. The highest BCUT2D eigenvalue weighted by Gasteiger charge is 2.24. The van der Waals surface area contributed by atoms with Crippen LogP contribution in [0.15, 0.2) is 89.0 Å². The van der Waals surface area contributed by atoms with Crippen molar-refractivity contribution < 1.29 is 28.1 Å². The Balaban J connectivity index is 0.00000122. The lowest BCUT2D eigenvalue weighted by Gasteiger charge is -2.30. The van der Waals surface area contributed by atoms with E-state index in [0.29, 0.717) is 30.0 Å². The Hall–Kier alpha value is -5.25. The first kappa shape index (κ1) is 79.8. The number of amides is 1. The lowest BCUT2D eigenvalue weighted by atomic mass is 9.76. The van der Waals surface area contributed by atoms with Gasteiger partial charge in [0.2, 0.25) is 6.41 Å². The molecule has 2 heterocycles. The molecule has 2 aromatic carbocycles. The third-order valence-electron chi connectivity index (χ3n) is 17.3. The van der Waals surface area contributed by atoms with Crippen LogP contribution in [0.5, 0.6) is 0 Å². The molecule has 2 aliphatic heterocycles. The summed E-state index contributed by atoms with van der Waals surface area (Å²) in [7, 11) is 7.39. The quantitative estimate of drug-likeness (QED) is 0.0235. The molecule has 1 saturated carbocycles. The van der Waals surface area contributed by atoms with Crippen molar-refractivity contribution in [1.29, 1.82) is 0 Å². The average molecular weight is 1180 g/mol. The average Bonchev–Trinajstić information content (AvgIpc) is 4.39. The van der Waals surface area contributed by atoms with E-state index in [4.69, 9.17) is 9.53 Å². The lowest BCUT2D eigenvalue weighted by molar-refractivity contribution is -0.493. The maximum Gasteiger partial charge on any atom is 0.206 e. The van der Waals surface area contributed by atoms with Gasteiger partial charge in [-0.15, -0.1) is 0 Å². The molecule has 0 aromatic heterocycles. The van der Waals surface area contributed by atoms with E-state index in [-0.39, 0.29) is 17.6 Å². The number of benzene rings is 2. The number of unbranched alkanes of at least 4 members (excludes halogenated alkanes) is 4. The first-order valence-electron chi connectivity index (χ1n) is 33.5. The molecule has 1 aliphatic carbocycles. The fraction of sp³-hybridized carbons (Fsp3) is 0.653. The van der Waals surface area contributed by atoms with Crippen molar-refractivity contribution in [2.24, 2.45) is 29.6 Å². The van der Waals surface area contributed by atoms with E-state index in [0.717, 1.165) is 115 Å². The van der Waals surface area contributed by atoms with Crippen LogP contribution >= 0.6 is 0 Å². The largest absolute Gasteiger partial charge is 0.500 e. The molecule has 1 fully saturated rings. The lowest BCUT2D eigenvalue weighted by Crippen LogP contribution is -2.20. The van der Waals surface area contributed by atoms with Gasteiger partial charge in [-0.25, -0.2) is 8.97 Å². The molecule has 482 valence electrons. The van der Waals surface area contributed by atoms with Crippen LogP contribution in [-0.4, -0.2) is 70.1 Å². The molecule has 3 N–H and O–H groups in total. The molecular formula is C75H127FN5O4+. The highest BCUT2D eigenvalue weighted by Crippen LogP contribution is 2.36. The predicted molar refractivity (Wildman–Crippen MR) is 369 cm³/mol. The topological polar surface area (TPSA) is 103 Å². The second kappa shape index (κ2) is 47.8. The number of hydrogen-bond donors (Lipinski definition) is 3. The van der Waals surface area contributed by atoms with Crippen LogP contribution in [0.3, 0.4) is 0 Å². The number of allylic oxidation sites excluding steroid dienone is 7. The smallest absolute Gasteiger partial charge is 0.206 e. The Morgan fingerprint density at radius 2 is 1.46 bits per heavy atom. The molecule has 6 unspecified atom stereocenters. The van der Waals surface area contributed by atoms with E-state index in [1.165, 1.54) is 126 Å². The van der Waals surface area contributed by atoms with Crippen LogP contribution in [-0.2, 0) is 19.1 Å². The minimum Gasteiger partial charge on any atom is -0.500 e. The predicted octanol–water partition coefficient (Wildman–Crippen LogP) is 20.4. The van der Waals surface area contributed by atoms with E-state index in [1.807, 2.05) is 33.0 Å². The third kappa shape index (κ3) is 32.9. The molecule has 0 saturated heterocycles. The number of anilines is 3. The number of aryl methyl sites for hydroxylation is 2. The zero-order chi connectivity index (χ0) is 64.3. The summed E-state index contributed by atoms with van der Waals surface area (Å²) >= 11 is 0. The molecular weight excluding hydrogens is 1050 g/mol. The summed E-state index contributed by atoms with van der Waals surface area (Å²) in [5.41, 5.74) is 9.49. The Labute approximate surface area is 521 Å². The number of ether oxygens (including phenoxy) is 1. The summed E-state index contributed by atoms with van der Waals surface area (Å²) in [6.45, 7) is 38.2. The summed E-state index contributed by atoms with van der Waals surface area (Å²) in [5.74, 6) is 6.05. The van der Waals surface area contributed by atoms with Gasteiger partial charge in [0.25, 0.3) is 0 Å². The number of fused-ring (bicyclic) bond motifs is 1. The van der Waals surface area contributed by atoms with Gasteiger partial charge in [0.15, 0.2) is 12.0 Å². The zero-order valence-electron chi connectivity index (χ0n) is 57.9. The van der Waals surface area contributed by atoms with Gasteiger partial charge in [0.1, 0.15) is 37.3 Å². The second-order valence-electron chi connectivity index (χ2n) is 24.6. The molecule has 3 aliphatic rings. The molecule has 5 rings (SSSR count). The monoisotopic (exact) mass is 1180 g/mol. The van der Waals surface area contributed by atoms with E-state index in [1.54, 1.807) is 21.1 Å². The highest BCUT2D eigenvalue weighted by atomic mass is 19.1. The molecule has 85 heavy (non-hydrogen) atoms. The fourth-order valence-corrected chi connectivity index (χ4v) is 10.3. The Kier molecular flexibility index (Phi) is 44.9. The summed E-state index contributed by atoms with van der Waals surface area (Å²) < 4.78 is 21.2. The maximum atomic E-state index is 13.5. The van der Waals surface area contributed by atoms with Crippen LogP contribution in [0.1, 0.15) is 247 Å². The normalized spacial score (nSPS) is 16.2. The molecule has 0 radical (unpaired) electrons. The summed E-state index contributed by atoms with van der Waals surface area (Å²) in [6.07, 6.45) is 38.2. The van der Waals surface area contributed by atoms with Crippen LogP contribution < -0.4 is 20.9 Å². The van der Waals surface area contributed by atoms with Gasteiger partial charge < -0.3 is 30.4 Å². The van der Waals surface area contributed by atoms with Crippen molar-refractivity contribution >= 4 is 41.8 Å². The van der Waals surface area contributed by atoms with Crippen molar-refractivity contribution in [2.45, 2.75) is 258 Å². The van der Waals surface area contributed by atoms with E-state index in [2.05, 4.69) is 159 Å². The van der Waals surface area contributed by atoms with Gasteiger partial charge in [-0.3, -0.25) is 9.59 Å². The Bertz CT molecular complexity index is 2330. The van der Waals surface area contributed by atoms with Crippen molar-refractivity contribution in [3.63, 3.8) is 0 Å². The summed E-state index contributed by atoms with van der Waals surface area (Å²) in [6, 6.07) is 9.50. The number of nitrogens with zero attached hydrogens (tertiary/aromatic N) is 2. The molecule has 2 aromatic rings. The van der Waals surface area contributed by atoms with Crippen molar-refractivity contribution in [3.05, 3.63) is 112 Å². The SMILES string of the molecule is C1CCCC1.C=C(/C=C(\C=C(\C)C(C)CC)C(=O)CCC/C=C1/Nc2ccc(C)cc2N1C)C1=C(OC)CC[N+](C)=C1.CCCC.CCCC(C=O)Nc1cc(C)c(C)c(F)c1.CCCCCC(C)C(C)C(CCC)CCC(C)CC.CNC=O. The number of rotatable bonds is 30. The van der Waals surface area contributed by atoms with Gasteiger partial charge in [0, 0.05) is 31.8 Å². The van der Waals surface area contributed by atoms with Gasteiger partial charge in [-0.05, 0) is 148 Å². The van der Waals surface area contributed by atoms with Gasteiger partial charge in [-0.1, -0.05) is 203 Å². The molecule has 10 heteroatoms. The first-order chi connectivity index (χ1) is 40.6. The highest BCUT2D eigenvalue weighted by molar-refractivity contribution is 5.99. The second-order valence-corrected chi connectivity index (χ2v) is 24.6. The van der Waals surface area contributed by atoms with E-state index >= 15 is 0 Å².